The molecule has 1 fully saturated rings. The molecule has 0 aromatic heterocycles. The summed E-state index contributed by atoms with van der Waals surface area (Å²) >= 11 is 0. The van der Waals surface area contributed by atoms with Crippen molar-refractivity contribution >= 4 is 5.69 Å². The lowest BCUT2D eigenvalue weighted by molar-refractivity contribution is 0.413. The Kier molecular flexibility index (Phi) is 3.84. The lowest BCUT2D eigenvalue weighted by Gasteiger charge is -2.25. The van der Waals surface area contributed by atoms with Crippen LogP contribution in [0.15, 0.2) is 18.2 Å². The third-order valence-corrected chi connectivity index (χ3v) is 3.21. The van der Waals surface area contributed by atoms with Crippen LogP contribution in [0.25, 0.3) is 0 Å². The van der Waals surface area contributed by atoms with Crippen LogP contribution in [-0.2, 0) is 0 Å². The number of hydrogen-bond donors (Lipinski definition) is 1. The first kappa shape index (κ1) is 12.2. The van der Waals surface area contributed by atoms with Crippen LogP contribution in [0.2, 0.25) is 0 Å². The normalized spacial score (nSPS) is 19.4. The highest BCUT2D eigenvalue weighted by Crippen LogP contribution is 2.28. The molecule has 0 radical (unpaired) electrons. The second-order valence-electron chi connectivity index (χ2n) is 4.49. The van der Waals surface area contributed by atoms with Crippen molar-refractivity contribution < 1.29 is 9.13 Å². The molecule has 1 saturated heterocycles. The molecule has 17 heavy (non-hydrogen) atoms. The molecule has 1 aliphatic heterocycles. The predicted octanol–water partition coefficient (Wildman–Crippen LogP) is 2.02. The van der Waals surface area contributed by atoms with E-state index >= 15 is 0 Å². The average Bonchev–Trinajstić information content (AvgIpc) is 2.81. The fraction of sp³-hybridized carbons (Fsp3) is 0.538. The molecule has 1 aromatic rings. The highest BCUT2D eigenvalue weighted by Gasteiger charge is 2.18. The van der Waals surface area contributed by atoms with E-state index in [1.165, 1.54) is 25.0 Å². The summed E-state index contributed by atoms with van der Waals surface area (Å²) in [5.41, 5.74) is 0.807. The van der Waals surface area contributed by atoms with Crippen LogP contribution in [0.4, 0.5) is 10.1 Å². The quantitative estimate of drug-likeness (QED) is 0.868. The molecular weight excluding hydrogens is 219 g/mol. The van der Waals surface area contributed by atoms with Crippen LogP contribution in [-0.4, -0.2) is 33.3 Å². The number of nitrogens with one attached hydrogen (secondary N) is 1. The molecule has 0 amide bonds. The first-order valence-corrected chi connectivity index (χ1v) is 5.99. The minimum Gasteiger partial charge on any atom is -0.495 e. The molecule has 4 heteroatoms. The summed E-state index contributed by atoms with van der Waals surface area (Å²) in [5.74, 6) is 0.485. The molecule has 1 heterocycles. The zero-order valence-electron chi connectivity index (χ0n) is 10.4. The SMILES string of the molecule is COc1ccc(F)cc1N(C)CC1CCCN1. The van der Waals surface area contributed by atoms with E-state index in [0.29, 0.717) is 11.8 Å². The van der Waals surface area contributed by atoms with Gasteiger partial charge in [-0.25, -0.2) is 4.39 Å². The van der Waals surface area contributed by atoms with E-state index in [1.54, 1.807) is 13.2 Å². The van der Waals surface area contributed by atoms with Crippen molar-refractivity contribution in [2.75, 3.05) is 32.1 Å². The molecule has 0 saturated carbocycles. The van der Waals surface area contributed by atoms with Crippen molar-refractivity contribution in [1.82, 2.24) is 5.32 Å². The van der Waals surface area contributed by atoms with Gasteiger partial charge in [0.2, 0.25) is 0 Å². The Labute approximate surface area is 102 Å². The molecule has 0 bridgehead atoms. The molecule has 2 rings (SSSR count). The van der Waals surface area contributed by atoms with Crippen LogP contribution >= 0.6 is 0 Å². The molecule has 0 aliphatic carbocycles. The second-order valence-corrected chi connectivity index (χ2v) is 4.49. The highest BCUT2D eigenvalue weighted by molar-refractivity contribution is 5.58. The largest absolute Gasteiger partial charge is 0.495 e. The van der Waals surface area contributed by atoms with Crippen LogP contribution in [0.5, 0.6) is 5.75 Å². The fourth-order valence-electron chi connectivity index (χ4n) is 2.30. The zero-order valence-corrected chi connectivity index (χ0v) is 10.4. The number of likely N-dealkylation sites (N-methyl/N-ethyl adjacent to an activating group) is 1. The van der Waals surface area contributed by atoms with Gasteiger partial charge in [0.05, 0.1) is 12.8 Å². The maximum Gasteiger partial charge on any atom is 0.142 e. The molecule has 1 N–H and O–H groups in total. The predicted molar refractivity (Wildman–Crippen MR) is 67.2 cm³/mol. The van der Waals surface area contributed by atoms with Gasteiger partial charge < -0.3 is 15.0 Å². The molecule has 1 aromatic carbocycles. The summed E-state index contributed by atoms with van der Waals surface area (Å²) in [5, 5.41) is 3.43. The van der Waals surface area contributed by atoms with Gasteiger partial charge in [-0.2, -0.15) is 0 Å². The van der Waals surface area contributed by atoms with Crippen molar-refractivity contribution in [2.45, 2.75) is 18.9 Å². The van der Waals surface area contributed by atoms with Crippen molar-refractivity contribution in [3.8, 4) is 5.75 Å². The summed E-state index contributed by atoms with van der Waals surface area (Å²) < 4.78 is 18.5. The Balaban J connectivity index is 2.11. The van der Waals surface area contributed by atoms with Crippen LogP contribution in [0, 0.1) is 5.82 Å². The molecule has 1 atom stereocenters. The van der Waals surface area contributed by atoms with Crippen LogP contribution in [0.3, 0.4) is 0 Å². The van der Waals surface area contributed by atoms with E-state index in [4.69, 9.17) is 4.74 Å². The fourth-order valence-corrected chi connectivity index (χ4v) is 2.30. The Hall–Kier alpha value is -1.29. The van der Waals surface area contributed by atoms with Gasteiger partial charge in [-0.15, -0.1) is 0 Å². The maximum absolute atomic E-state index is 13.3. The molecule has 94 valence electrons. The van der Waals surface area contributed by atoms with Crippen molar-refractivity contribution in [3.05, 3.63) is 24.0 Å². The number of nitrogens with zero attached hydrogens (tertiary/aromatic N) is 1. The van der Waals surface area contributed by atoms with E-state index in [-0.39, 0.29) is 5.82 Å². The smallest absolute Gasteiger partial charge is 0.142 e. The summed E-state index contributed by atoms with van der Waals surface area (Å²) in [6, 6.07) is 5.11. The first-order valence-electron chi connectivity index (χ1n) is 5.99. The lowest BCUT2D eigenvalue weighted by Crippen LogP contribution is -2.35. The van der Waals surface area contributed by atoms with Gasteiger partial charge >= 0.3 is 0 Å². The Morgan fingerprint density at radius 3 is 3.00 bits per heavy atom. The van der Waals surface area contributed by atoms with Gasteiger partial charge in [0, 0.05) is 25.7 Å². The number of anilines is 1. The van der Waals surface area contributed by atoms with Gasteiger partial charge in [0.25, 0.3) is 0 Å². The van der Waals surface area contributed by atoms with E-state index in [2.05, 4.69) is 5.32 Å². The lowest BCUT2D eigenvalue weighted by atomic mass is 10.2. The van der Waals surface area contributed by atoms with Gasteiger partial charge in [-0.1, -0.05) is 0 Å². The minimum absolute atomic E-state index is 0.230. The topological polar surface area (TPSA) is 24.5 Å². The highest BCUT2D eigenvalue weighted by atomic mass is 19.1. The van der Waals surface area contributed by atoms with E-state index < -0.39 is 0 Å². The third-order valence-electron chi connectivity index (χ3n) is 3.21. The standard InChI is InChI=1S/C13H19FN2O/c1-16(9-11-4-3-7-15-11)12-8-10(14)5-6-13(12)17-2/h5-6,8,11,15H,3-4,7,9H2,1-2H3. The summed E-state index contributed by atoms with van der Waals surface area (Å²) in [7, 11) is 3.58. The number of ether oxygens (including phenoxy) is 1. The van der Waals surface area contributed by atoms with Gasteiger partial charge in [-0.05, 0) is 31.5 Å². The van der Waals surface area contributed by atoms with Gasteiger partial charge in [0.1, 0.15) is 11.6 Å². The van der Waals surface area contributed by atoms with Gasteiger partial charge in [-0.3, -0.25) is 0 Å². The molecular formula is C13H19FN2O. The summed E-state index contributed by atoms with van der Waals surface area (Å²) in [6.45, 7) is 1.96. The number of methoxy groups -OCH3 is 1. The van der Waals surface area contributed by atoms with Crippen molar-refractivity contribution in [2.24, 2.45) is 0 Å². The van der Waals surface area contributed by atoms with Crippen molar-refractivity contribution in [1.29, 1.82) is 0 Å². The number of hydrogen-bond acceptors (Lipinski definition) is 3. The number of halogens is 1. The van der Waals surface area contributed by atoms with Gasteiger partial charge in [0.15, 0.2) is 0 Å². The Bertz CT molecular complexity index is 378. The maximum atomic E-state index is 13.3. The van der Waals surface area contributed by atoms with E-state index in [1.807, 2.05) is 11.9 Å². The van der Waals surface area contributed by atoms with Crippen LogP contribution in [0.1, 0.15) is 12.8 Å². The zero-order chi connectivity index (χ0) is 12.3. The van der Waals surface area contributed by atoms with Crippen LogP contribution < -0.4 is 15.0 Å². The molecule has 1 unspecified atom stereocenters. The molecule has 0 spiro atoms. The number of benzene rings is 1. The Morgan fingerprint density at radius 2 is 2.35 bits per heavy atom. The molecule has 3 nitrogen and oxygen atoms in total. The first-order chi connectivity index (χ1) is 8.20. The molecule has 1 aliphatic rings. The second kappa shape index (κ2) is 5.36. The average molecular weight is 238 g/mol. The Morgan fingerprint density at radius 1 is 1.53 bits per heavy atom. The van der Waals surface area contributed by atoms with E-state index in [0.717, 1.165) is 18.8 Å². The summed E-state index contributed by atoms with van der Waals surface area (Å²) in [4.78, 5) is 2.05. The monoisotopic (exact) mass is 238 g/mol. The third kappa shape index (κ3) is 2.88. The minimum atomic E-state index is -0.230. The summed E-state index contributed by atoms with van der Waals surface area (Å²) in [6.07, 6.45) is 2.40. The van der Waals surface area contributed by atoms with E-state index in [9.17, 15) is 4.39 Å². The van der Waals surface area contributed by atoms with Crippen molar-refractivity contribution in [3.63, 3.8) is 0 Å². The number of rotatable bonds is 4.